The van der Waals surface area contributed by atoms with Gasteiger partial charge in [-0.05, 0) is 31.0 Å². The molecule has 0 spiro atoms. The molecule has 4 rings (SSSR count). The van der Waals surface area contributed by atoms with Gasteiger partial charge >= 0.3 is 0 Å². The van der Waals surface area contributed by atoms with E-state index in [1.807, 2.05) is 6.07 Å². The van der Waals surface area contributed by atoms with Gasteiger partial charge in [0.2, 0.25) is 5.91 Å². The fourth-order valence-corrected chi connectivity index (χ4v) is 6.83. The molecule has 1 aromatic rings. The number of halogens is 1. The molecule has 2 atom stereocenters. The minimum Gasteiger partial charge on any atom is -0.306 e. The first-order chi connectivity index (χ1) is 11.9. The number of carbonyl (C=O) groups is 1. The summed E-state index contributed by atoms with van der Waals surface area (Å²) in [6.45, 7) is 0.299. The van der Waals surface area contributed by atoms with Crippen LogP contribution in [0, 0.1) is 0 Å². The summed E-state index contributed by atoms with van der Waals surface area (Å²) in [7, 11) is -3.14. The second-order valence-electron chi connectivity index (χ2n) is 7.42. The molecule has 1 aliphatic carbocycles. The second-order valence-corrected chi connectivity index (χ2v) is 10.0. The predicted molar refractivity (Wildman–Crippen MR) is 98.7 cm³/mol. The first-order valence-corrected chi connectivity index (χ1v) is 11.2. The molecule has 0 bridgehead atoms. The van der Waals surface area contributed by atoms with Gasteiger partial charge in [-0.3, -0.25) is 9.69 Å². The van der Waals surface area contributed by atoms with E-state index in [0.717, 1.165) is 25.7 Å². The van der Waals surface area contributed by atoms with Crippen molar-refractivity contribution in [2.45, 2.75) is 50.2 Å². The van der Waals surface area contributed by atoms with Gasteiger partial charge in [-0.25, -0.2) is 8.42 Å². The van der Waals surface area contributed by atoms with E-state index in [9.17, 15) is 13.2 Å². The van der Waals surface area contributed by atoms with Crippen molar-refractivity contribution in [3.05, 3.63) is 29.3 Å². The zero-order valence-electron chi connectivity index (χ0n) is 14.1. The van der Waals surface area contributed by atoms with E-state index in [4.69, 9.17) is 11.6 Å². The van der Waals surface area contributed by atoms with Gasteiger partial charge in [0.15, 0.2) is 9.84 Å². The number of benzene rings is 1. The summed E-state index contributed by atoms with van der Waals surface area (Å²) in [5, 5.41) is 0.553. The molecule has 1 saturated carbocycles. The van der Waals surface area contributed by atoms with E-state index in [-0.39, 0.29) is 29.5 Å². The van der Waals surface area contributed by atoms with Gasteiger partial charge in [-0.15, -0.1) is 0 Å². The van der Waals surface area contributed by atoms with E-state index in [0.29, 0.717) is 23.3 Å². The molecule has 0 N–H and O–H groups in total. The fraction of sp³-hybridized carbons (Fsp3) is 0.611. The molecule has 2 saturated heterocycles. The number of piperazine rings is 1. The van der Waals surface area contributed by atoms with Crippen LogP contribution in [0.15, 0.2) is 24.3 Å². The Hall–Kier alpha value is -1.11. The highest BCUT2D eigenvalue weighted by molar-refractivity contribution is 7.91. The molecule has 1 aromatic carbocycles. The molecule has 2 aliphatic heterocycles. The fourth-order valence-electron chi connectivity index (χ4n) is 4.68. The molecule has 3 fully saturated rings. The van der Waals surface area contributed by atoms with E-state index >= 15 is 0 Å². The van der Waals surface area contributed by atoms with Gasteiger partial charge in [-0.2, -0.15) is 0 Å². The summed E-state index contributed by atoms with van der Waals surface area (Å²) in [5.74, 6) is 0.170. The lowest BCUT2D eigenvalue weighted by atomic mass is 9.91. The number of sulfone groups is 1. The highest BCUT2D eigenvalue weighted by Gasteiger charge is 2.51. The van der Waals surface area contributed by atoms with Gasteiger partial charge in [-0.1, -0.05) is 36.9 Å². The summed E-state index contributed by atoms with van der Waals surface area (Å²) < 4.78 is 24.8. The highest BCUT2D eigenvalue weighted by Crippen LogP contribution is 2.36. The van der Waals surface area contributed by atoms with Crippen molar-refractivity contribution >= 4 is 33.0 Å². The van der Waals surface area contributed by atoms with E-state index < -0.39 is 9.84 Å². The van der Waals surface area contributed by atoms with Crippen molar-refractivity contribution < 1.29 is 13.2 Å². The van der Waals surface area contributed by atoms with Crippen LogP contribution in [0.2, 0.25) is 5.02 Å². The number of hydrogen-bond acceptors (Lipinski definition) is 4. The monoisotopic (exact) mass is 382 g/mol. The molecule has 0 unspecified atom stereocenters. The summed E-state index contributed by atoms with van der Waals surface area (Å²) in [4.78, 5) is 16.8. The topological polar surface area (TPSA) is 57.7 Å². The standard InChI is InChI=1S/C18H23ClN2O3S/c19-13-5-4-8-15(9-13)21-17-12-25(23,24)11-16(17)20(10-18(21)22)14-6-2-1-3-7-14/h4-5,8-9,14,16-17H,1-3,6-7,10-12H2/t16-,17-/m0/s1. The molecule has 7 heteroatoms. The smallest absolute Gasteiger partial charge is 0.241 e. The maximum absolute atomic E-state index is 13.0. The van der Waals surface area contributed by atoms with Crippen LogP contribution >= 0.6 is 11.6 Å². The van der Waals surface area contributed by atoms with Gasteiger partial charge in [0.1, 0.15) is 0 Å². The second kappa shape index (κ2) is 6.56. The van der Waals surface area contributed by atoms with Crippen molar-refractivity contribution in [1.82, 2.24) is 4.90 Å². The average molecular weight is 383 g/mol. The molecule has 1 amide bonds. The van der Waals surface area contributed by atoms with Gasteiger partial charge in [0.05, 0.1) is 24.1 Å². The number of rotatable bonds is 2. The number of anilines is 1. The maximum atomic E-state index is 13.0. The van der Waals surface area contributed by atoms with Gasteiger partial charge in [0.25, 0.3) is 0 Å². The molecule has 136 valence electrons. The number of nitrogens with zero attached hydrogens (tertiary/aromatic N) is 2. The minimum absolute atomic E-state index is 0.0220. The van der Waals surface area contributed by atoms with E-state index in [1.54, 1.807) is 23.1 Å². The van der Waals surface area contributed by atoms with Crippen LogP contribution in [-0.2, 0) is 14.6 Å². The molecule has 0 aromatic heterocycles. The predicted octanol–water partition coefficient (Wildman–Crippen LogP) is 2.49. The Morgan fingerprint density at radius 2 is 1.76 bits per heavy atom. The van der Waals surface area contributed by atoms with Crippen molar-refractivity contribution in [2.75, 3.05) is 23.0 Å². The van der Waals surface area contributed by atoms with Crippen LogP contribution in [0.3, 0.4) is 0 Å². The lowest BCUT2D eigenvalue weighted by molar-refractivity contribution is -0.124. The van der Waals surface area contributed by atoms with E-state index in [1.165, 1.54) is 6.42 Å². The number of carbonyl (C=O) groups excluding carboxylic acids is 1. The largest absolute Gasteiger partial charge is 0.306 e. The quantitative estimate of drug-likeness (QED) is 0.788. The number of hydrogen-bond donors (Lipinski definition) is 0. The lowest BCUT2D eigenvalue weighted by Gasteiger charge is -2.47. The Kier molecular flexibility index (Phi) is 4.54. The zero-order chi connectivity index (χ0) is 17.6. The molecular weight excluding hydrogens is 360 g/mol. The molecule has 5 nitrogen and oxygen atoms in total. The molecular formula is C18H23ClN2O3S. The van der Waals surface area contributed by atoms with Crippen LogP contribution in [-0.4, -0.2) is 55.4 Å². The van der Waals surface area contributed by atoms with Crippen LogP contribution in [0.1, 0.15) is 32.1 Å². The highest BCUT2D eigenvalue weighted by atomic mass is 35.5. The first-order valence-electron chi connectivity index (χ1n) is 8.98. The third kappa shape index (κ3) is 3.32. The average Bonchev–Trinajstić information content (AvgIpc) is 2.89. The van der Waals surface area contributed by atoms with Crippen LogP contribution in [0.4, 0.5) is 5.69 Å². The normalized spacial score (nSPS) is 30.4. The Morgan fingerprint density at radius 3 is 2.48 bits per heavy atom. The summed E-state index contributed by atoms with van der Waals surface area (Å²) in [5.41, 5.74) is 0.702. The van der Waals surface area contributed by atoms with Crippen LogP contribution < -0.4 is 4.90 Å². The Morgan fingerprint density at radius 1 is 1.04 bits per heavy atom. The summed E-state index contributed by atoms with van der Waals surface area (Å²) in [6, 6.07) is 7.06. The third-order valence-corrected chi connectivity index (χ3v) is 7.70. The summed E-state index contributed by atoms with van der Waals surface area (Å²) >= 11 is 6.09. The Labute approximate surface area is 153 Å². The summed E-state index contributed by atoms with van der Waals surface area (Å²) in [6.07, 6.45) is 5.69. The van der Waals surface area contributed by atoms with Crippen molar-refractivity contribution in [1.29, 1.82) is 0 Å². The number of fused-ring (bicyclic) bond motifs is 1. The lowest BCUT2D eigenvalue weighted by Crippen LogP contribution is -2.64. The van der Waals surface area contributed by atoms with Crippen LogP contribution in [0.5, 0.6) is 0 Å². The van der Waals surface area contributed by atoms with Gasteiger partial charge < -0.3 is 4.90 Å². The van der Waals surface area contributed by atoms with Crippen LogP contribution in [0.25, 0.3) is 0 Å². The maximum Gasteiger partial charge on any atom is 0.241 e. The molecule has 25 heavy (non-hydrogen) atoms. The first kappa shape index (κ1) is 17.3. The van der Waals surface area contributed by atoms with Crippen molar-refractivity contribution in [2.24, 2.45) is 0 Å². The molecule has 0 radical (unpaired) electrons. The molecule has 2 heterocycles. The Bertz CT molecular complexity index is 776. The SMILES string of the molecule is O=C1CN(C2CCCCC2)[C@H]2CS(=O)(=O)C[C@@H]2N1c1cccc(Cl)c1. The van der Waals surface area contributed by atoms with Gasteiger partial charge in [0, 0.05) is 22.8 Å². The zero-order valence-corrected chi connectivity index (χ0v) is 15.7. The van der Waals surface area contributed by atoms with Crippen molar-refractivity contribution in [3.8, 4) is 0 Å². The minimum atomic E-state index is -3.14. The number of amides is 1. The third-order valence-electron chi connectivity index (χ3n) is 5.77. The Balaban J connectivity index is 1.69. The molecule has 3 aliphatic rings. The van der Waals surface area contributed by atoms with E-state index in [2.05, 4.69) is 4.90 Å². The van der Waals surface area contributed by atoms with Crippen molar-refractivity contribution in [3.63, 3.8) is 0 Å².